The first-order valence-electron chi connectivity index (χ1n) is 6.40. The van der Waals surface area contributed by atoms with E-state index in [4.69, 9.17) is 16.0 Å². The minimum absolute atomic E-state index is 0.138. The van der Waals surface area contributed by atoms with E-state index in [9.17, 15) is 4.39 Å². The van der Waals surface area contributed by atoms with Crippen molar-refractivity contribution in [3.8, 4) is 0 Å². The molecule has 2 rings (SSSR count). The van der Waals surface area contributed by atoms with E-state index in [1.165, 1.54) is 0 Å². The standard InChI is InChI=1S/C13H17BrFN3O2/c14-11-9(13(16)17-20)1-2-10(12(11)15)18-5-3-8(7-19)4-6-18/h1-2,8,19-20H,3-7H2,(H2,16,17). The SMILES string of the molecule is N/C(=N/O)c1ccc(N2CCC(CO)CC2)c(F)c1Br. The molecule has 0 bridgehead atoms. The number of anilines is 1. The van der Waals surface area contributed by atoms with Gasteiger partial charge in [0, 0.05) is 25.3 Å². The summed E-state index contributed by atoms with van der Waals surface area (Å²) in [5, 5.41) is 20.7. The van der Waals surface area contributed by atoms with Gasteiger partial charge < -0.3 is 20.9 Å². The van der Waals surface area contributed by atoms with Crippen LogP contribution in [0.4, 0.5) is 10.1 Å². The second-order valence-corrected chi connectivity index (χ2v) is 5.65. The van der Waals surface area contributed by atoms with Gasteiger partial charge in [0.25, 0.3) is 0 Å². The molecular formula is C13H17BrFN3O2. The summed E-state index contributed by atoms with van der Waals surface area (Å²) in [5.74, 6) is -0.257. The molecule has 1 heterocycles. The maximum atomic E-state index is 14.4. The third-order valence-corrected chi connectivity index (χ3v) is 4.43. The molecular weight excluding hydrogens is 329 g/mol. The molecule has 5 nitrogen and oxygen atoms in total. The van der Waals surface area contributed by atoms with Crippen LogP contribution in [0.15, 0.2) is 21.8 Å². The lowest BCUT2D eigenvalue weighted by Gasteiger charge is -2.33. The highest BCUT2D eigenvalue weighted by Crippen LogP contribution is 2.31. The van der Waals surface area contributed by atoms with Gasteiger partial charge in [-0.2, -0.15) is 0 Å². The molecule has 110 valence electrons. The first-order chi connectivity index (χ1) is 9.58. The van der Waals surface area contributed by atoms with Gasteiger partial charge in [0.2, 0.25) is 0 Å². The molecule has 0 unspecified atom stereocenters. The fraction of sp³-hybridized carbons (Fsp3) is 0.462. The molecule has 1 aromatic rings. The summed E-state index contributed by atoms with van der Waals surface area (Å²) in [6.07, 6.45) is 1.69. The number of amidine groups is 1. The highest BCUT2D eigenvalue weighted by atomic mass is 79.9. The summed E-state index contributed by atoms with van der Waals surface area (Å²) in [7, 11) is 0. The van der Waals surface area contributed by atoms with Crippen LogP contribution in [-0.2, 0) is 0 Å². The Balaban J connectivity index is 2.24. The molecule has 1 aromatic carbocycles. The van der Waals surface area contributed by atoms with E-state index in [-0.39, 0.29) is 16.9 Å². The fourth-order valence-corrected chi connectivity index (χ4v) is 2.93. The zero-order valence-corrected chi connectivity index (χ0v) is 12.5. The van der Waals surface area contributed by atoms with E-state index in [0.717, 1.165) is 12.8 Å². The summed E-state index contributed by atoms with van der Waals surface area (Å²) in [5.41, 5.74) is 6.30. The lowest BCUT2D eigenvalue weighted by molar-refractivity contribution is 0.203. The maximum absolute atomic E-state index is 14.4. The highest BCUT2D eigenvalue weighted by molar-refractivity contribution is 9.10. The predicted octanol–water partition coefficient (Wildman–Crippen LogP) is 1.89. The molecule has 0 aromatic heterocycles. The van der Waals surface area contributed by atoms with E-state index < -0.39 is 5.82 Å². The number of oxime groups is 1. The number of hydrogen-bond acceptors (Lipinski definition) is 4. The Kier molecular flexibility index (Phi) is 4.82. The van der Waals surface area contributed by atoms with E-state index in [1.54, 1.807) is 12.1 Å². The van der Waals surface area contributed by atoms with Crippen LogP contribution in [0.1, 0.15) is 18.4 Å². The van der Waals surface area contributed by atoms with Crippen molar-refractivity contribution in [1.29, 1.82) is 0 Å². The summed E-state index contributed by atoms with van der Waals surface area (Å²) in [4.78, 5) is 1.95. The van der Waals surface area contributed by atoms with Gasteiger partial charge in [-0.1, -0.05) is 5.16 Å². The van der Waals surface area contributed by atoms with Crippen molar-refractivity contribution in [1.82, 2.24) is 0 Å². The Bertz CT molecular complexity index is 517. The van der Waals surface area contributed by atoms with Crippen molar-refractivity contribution >= 4 is 27.5 Å². The summed E-state index contributed by atoms with van der Waals surface area (Å²) in [6.45, 7) is 1.59. The average Bonchev–Trinajstić information content (AvgIpc) is 2.49. The van der Waals surface area contributed by atoms with Gasteiger partial charge in [0.05, 0.1) is 10.2 Å². The Morgan fingerprint density at radius 3 is 2.65 bits per heavy atom. The van der Waals surface area contributed by atoms with Gasteiger partial charge >= 0.3 is 0 Å². The Morgan fingerprint density at radius 2 is 2.10 bits per heavy atom. The van der Waals surface area contributed by atoms with Crippen molar-refractivity contribution in [2.75, 3.05) is 24.6 Å². The molecule has 1 aliphatic rings. The normalized spacial score (nSPS) is 17.6. The summed E-state index contributed by atoms with van der Waals surface area (Å²) < 4.78 is 14.6. The molecule has 20 heavy (non-hydrogen) atoms. The monoisotopic (exact) mass is 345 g/mol. The number of hydrogen-bond donors (Lipinski definition) is 3. The lowest BCUT2D eigenvalue weighted by atomic mass is 9.97. The largest absolute Gasteiger partial charge is 0.409 e. The average molecular weight is 346 g/mol. The first-order valence-corrected chi connectivity index (χ1v) is 7.19. The number of benzene rings is 1. The first kappa shape index (κ1) is 15.1. The van der Waals surface area contributed by atoms with Crippen LogP contribution in [-0.4, -0.2) is 35.8 Å². The van der Waals surface area contributed by atoms with Gasteiger partial charge in [0.1, 0.15) is 0 Å². The van der Waals surface area contributed by atoms with Gasteiger partial charge in [-0.3, -0.25) is 0 Å². The summed E-state index contributed by atoms with van der Waals surface area (Å²) in [6, 6.07) is 3.25. The molecule has 0 saturated carbocycles. The van der Waals surface area contributed by atoms with Crippen molar-refractivity contribution in [3.05, 3.63) is 28.0 Å². The third kappa shape index (κ3) is 2.88. The number of piperidine rings is 1. The van der Waals surface area contributed by atoms with E-state index in [0.29, 0.717) is 30.3 Å². The van der Waals surface area contributed by atoms with Crippen LogP contribution >= 0.6 is 15.9 Å². The highest BCUT2D eigenvalue weighted by Gasteiger charge is 2.23. The second kappa shape index (κ2) is 6.41. The molecule has 1 fully saturated rings. The molecule has 0 amide bonds. The number of nitrogens with zero attached hydrogens (tertiary/aromatic N) is 2. The lowest BCUT2D eigenvalue weighted by Crippen LogP contribution is -2.35. The number of aliphatic hydroxyl groups is 1. The number of halogens is 2. The molecule has 1 aliphatic heterocycles. The topological polar surface area (TPSA) is 82.1 Å². The van der Waals surface area contributed by atoms with E-state index >= 15 is 0 Å². The molecule has 0 radical (unpaired) electrons. The summed E-state index contributed by atoms with van der Waals surface area (Å²) >= 11 is 3.15. The van der Waals surface area contributed by atoms with Crippen LogP contribution in [0.5, 0.6) is 0 Å². The molecule has 0 atom stereocenters. The number of aliphatic hydroxyl groups excluding tert-OH is 1. The Hall–Kier alpha value is -1.34. The van der Waals surface area contributed by atoms with Crippen LogP contribution in [0, 0.1) is 11.7 Å². The van der Waals surface area contributed by atoms with Gasteiger partial charge in [0.15, 0.2) is 11.7 Å². The zero-order chi connectivity index (χ0) is 14.7. The number of nitrogens with two attached hydrogens (primary N) is 1. The van der Waals surface area contributed by atoms with E-state index in [2.05, 4.69) is 21.1 Å². The Labute approximate surface area is 125 Å². The van der Waals surface area contributed by atoms with Crippen molar-refractivity contribution in [3.63, 3.8) is 0 Å². The third-order valence-electron chi connectivity index (χ3n) is 3.66. The smallest absolute Gasteiger partial charge is 0.171 e. The number of rotatable bonds is 3. The van der Waals surface area contributed by atoms with Crippen LogP contribution < -0.4 is 10.6 Å². The van der Waals surface area contributed by atoms with Crippen molar-refractivity contribution in [2.45, 2.75) is 12.8 Å². The van der Waals surface area contributed by atoms with Crippen molar-refractivity contribution < 1.29 is 14.7 Å². The van der Waals surface area contributed by atoms with Crippen LogP contribution in [0.3, 0.4) is 0 Å². The second-order valence-electron chi connectivity index (χ2n) is 4.86. The molecule has 7 heteroatoms. The van der Waals surface area contributed by atoms with Gasteiger partial charge in [-0.05, 0) is 46.8 Å². The maximum Gasteiger partial charge on any atom is 0.171 e. The molecule has 4 N–H and O–H groups in total. The minimum Gasteiger partial charge on any atom is -0.409 e. The molecule has 0 spiro atoms. The minimum atomic E-state index is -0.420. The molecule has 1 saturated heterocycles. The predicted molar refractivity (Wildman–Crippen MR) is 78.6 cm³/mol. The Morgan fingerprint density at radius 1 is 1.45 bits per heavy atom. The fourth-order valence-electron chi connectivity index (χ4n) is 2.39. The van der Waals surface area contributed by atoms with Crippen molar-refractivity contribution in [2.24, 2.45) is 16.8 Å². The van der Waals surface area contributed by atoms with Crippen LogP contribution in [0.2, 0.25) is 0 Å². The quantitative estimate of drug-likeness (QED) is 0.338. The zero-order valence-electron chi connectivity index (χ0n) is 10.9. The van der Waals surface area contributed by atoms with E-state index in [1.807, 2.05) is 4.90 Å². The van der Waals surface area contributed by atoms with Crippen LogP contribution in [0.25, 0.3) is 0 Å². The van der Waals surface area contributed by atoms with Gasteiger partial charge in [-0.25, -0.2) is 4.39 Å². The van der Waals surface area contributed by atoms with Gasteiger partial charge in [-0.15, -0.1) is 0 Å². The molecule has 0 aliphatic carbocycles.